The van der Waals surface area contributed by atoms with Crippen LogP contribution in [0.25, 0.3) is 0 Å². The number of benzene rings is 1. The number of amides is 1. The average molecular weight is 242 g/mol. The second-order valence-corrected chi connectivity index (χ2v) is 3.65. The van der Waals surface area contributed by atoms with Crippen LogP contribution in [-0.2, 0) is 4.79 Å². The Morgan fingerprint density at radius 3 is 2.81 bits per heavy atom. The molecule has 0 spiro atoms. The van der Waals surface area contributed by atoms with E-state index in [1.165, 1.54) is 12.1 Å². The van der Waals surface area contributed by atoms with Crippen LogP contribution in [0.1, 0.15) is 23.7 Å². The fourth-order valence-corrected chi connectivity index (χ4v) is 1.40. The molecular formula is C11H12ClNO3. The van der Waals surface area contributed by atoms with E-state index in [0.717, 1.165) is 0 Å². The van der Waals surface area contributed by atoms with Crippen molar-refractivity contribution in [3.63, 3.8) is 0 Å². The van der Waals surface area contributed by atoms with E-state index in [1.807, 2.05) is 0 Å². The largest absolute Gasteiger partial charge is 0.480 e. The van der Waals surface area contributed by atoms with E-state index in [2.05, 4.69) is 0 Å². The third-order valence-corrected chi connectivity index (χ3v) is 2.29. The third kappa shape index (κ3) is 2.97. The first-order valence-electron chi connectivity index (χ1n) is 4.79. The normalized spacial score (nSPS) is 11.9. The van der Waals surface area contributed by atoms with Crippen LogP contribution in [0.2, 0.25) is 5.02 Å². The molecule has 0 aliphatic carbocycles. The highest BCUT2D eigenvalue weighted by molar-refractivity contribution is 6.30. The van der Waals surface area contributed by atoms with Gasteiger partial charge in [-0.15, -0.1) is 0 Å². The minimum atomic E-state index is -0.736. The molecular weight excluding hydrogens is 230 g/mol. The minimum absolute atomic E-state index is 0.298. The molecule has 0 fully saturated rings. The van der Waals surface area contributed by atoms with Crippen molar-refractivity contribution in [1.82, 2.24) is 0 Å². The lowest BCUT2D eigenvalue weighted by Gasteiger charge is -2.15. The molecule has 4 nitrogen and oxygen atoms in total. The Balaban J connectivity index is 2.95. The number of aldehydes is 1. The zero-order valence-electron chi connectivity index (χ0n) is 8.77. The maximum atomic E-state index is 11.0. The first-order chi connectivity index (χ1) is 7.58. The van der Waals surface area contributed by atoms with Crippen molar-refractivity contribution in [2.45, 2.75) is 19.4 Å². The highest BCUT2D eigenvalue weighted by atomic mass is 35.5. The number of hydrogen-bond donors (Lipinski definition) is 1. The van der Waals surface area contributed by atoms with Crippen molar-refractivity contribution >= 4 is 23.8 Å². The molecule has 0 saturated carbocycles. The molecule has 1 rings (SSSR count). The van der Waals surface area contributed by atoms with Gasteiger partial charge >= 0.3 is 0 Å². The molecule has 0 heterocycles. The molecule has 1 aromatic rings. The number of carbonyl (C=O) groups is 2. The predicted molar refractivity (Wildman–Crippen MR) is 60.7 cm³/mol. The third-order valence-electron chi connectivity index (χ3n) is 2.06. The van der Waals surface area contributed by atoms with Gasteiger partial charge in [-0.25, -0.2) is 0 Å². The topological polar surface area (TPSA) is 69.4 Å². The van der Waals surface area contributed by atoms with Gasteiger partial charge in [-0.3, -0.25) is 9.59 Å². The van der Waals surface area contributed by atoms with E-state index in [9.17, 15) is 9.59 Å². The molecule has 0 bridgehead atoms. The van der Waals surface area contributed by atoms with Crippen molar-refractivity contribution < 1.29 is 14.3 Å². The molecule has 16 heavy (non-hydrogen) atoms. The molecule has 0 aromatic heterocycles. The van der Waals surface area contributed by atoms with Crippen LogP contribution in [-0.4, -0.2) is 18.3 Å². The van der Waals surface area contributed by atoms with Gasteiger partial charge < -0.3 is 10.5 Å². The van der Waals surface area contributed by atoms with Crippen LogP contribution in [0.3, 0.4) is 0 Å². The van der Waals surface area contributed by atoms with E-state index in [-0.39, 0.29) is 0 Å². The summed E-state index contributed by atoms with van der Waals surface area (Å²) in [7, 11) is 0. The first kappa shape index (κ1) is 12.5. The molecule has 1 atom stereocenters. The molecule has 1 amide bonds. The van der Waals surface area contributed by atoms with Gasteiger partial charge in [0.2, 0.25) is 0 Å². The summed E-state index contributed by atoms with van der Waals surface area (Å²) in [6.45, 7) is 1.77. The Bertz CT molecular complexity index is 406. The van der Waals surface area contributed by atoms with Crippen LogP contribution < -0.4 is 10.5 Å². The number of rotatable bonds is 5. The van der Waals surface area contributed by atoms with Gasteiger partial charge in [0.25, 0.3) is 5.91 Å². The van der Waals surface area contributed by atoms with Gasteiger partial charge in [0.15, 0.2) is 12.4 Å². The lowest BCUT2D eigenvalue weighted by atomic mass is 10.2. The summed E-state index contributed by atoms with van der Waals surface area (Å²) in [6, 6.07) is 4.59. The van der Waals surface area contributed by atoms with Gasteiger partial charge in [-0.05, 0) is 24.6 Å². The van der Waals surface area contributed by atoms with Crippen LogP contribution in [0.5, 0.6) is 5.75 Å². The van der Waals surface area contributed by atoms with Crippen LogP contribution in [0.15, 0.2) is 18.2 Å². The second-order valence-electron chi connectivity index (χ2n) is 3.22. The number of hydrogen-bond acceptors (Lipinski definition) is 3. The maximum Gasteiger partial charge on any atom is 0.258 e. The quantitative estimate of drug-likeness (QED) is 0.799. The highest BCUT2D eigenvalue weighted by Gasteiger charge is 2.16. The SMILES string of the molecule is CCC(Oc1ccc(Cl)cc1C=O)C(N)=O. The summed E-state index contributed by atoms with van der Waals surface area (Å²) < 4.78 is 5.34. The van der Waals surface area contributed by atoms with E-state index < -0.39 is 12.0 Å². The summed E-state index contributed by atoms with van der Waals surface area (Å²) >= 11 is 5.72. The molecule has 0 aliphatic heterocycles. The van der Waals surface area contributed by atoms with Crippen molar-refractivity contribution in [1.29, 1.82) is 0 Å². The zero-order chi connectivity index (χ0) is 12.1. The molecule has 0 radical (unpaired) electrons. The van der Waals surface area contributed by atoms with E-state index in [1.54, 1.807) is 13.0 Å². The Morgan fingerprint density at radius 1 is 1.62 bits per heavy atom. The highest BCUT2D eigenvalue weighted by Crippen LogP contribution is 2.22. The van der Waals surface area contributed by atoms with Gasteiger partial charge in [0.1, 0.15) is 5.75 Å². The lowest BCUT2D eigenvalue weighted by molar-refractivity contribution is -0.124. The van der Waals surface area contributed by atoms with Gasteiger partial charge in [-0.1, -0.05) is 18.5 Å². The summed E-state index contributed by atoms with van der Waals surface area (Å²) in [5.74, 6) is -0.251. The van der Waals surface area contributed by atoms with Crippen LogP contribution >= 0.6 is 11.6 Å². The number of carbonyl (C=O) groups excluding carboxylic acids is 2. The number of halogens is 1. The number of ether oxygens (including phenoxy) is 1. The van der Waals surface area contributed by atoms with Crippen molar-refractivity contribution in [2.75, 3.05) is 0 Å². The fourth-order valence-electron chi connectivity index (χ4n) is 1.21. The summed E-state index contributed by atoms with van der Waals surface area (Å²) in [4.78, 5) is 21.7. The Morgan fingerprint density at radius 2 is 2.31 bits per heavy atom. The summed E-state index contributed by atoms with van der Waals surface area (Å²) in [6.07, 6.45) is 0.324. The summed E-state index contributed by atoms with van der Waals surface area (Å²) in [5.41, 5.74) is 5.44. The zero-order valence-corrected chi connectivity index (χ0v) is 9.53. The first-order valence-corrected chi connectivity index (χ1v) is 5.17. The van der Waals surface area contributed by atoms with Gasteiger partial charge in [0.05, 0.1) is 5.56 Å². The van der Waals surface area contributed by atoms with Crippen molar-refractivity contribution in [3.8, 4) is 5.75 Å². The Labute approximate surface area is 98.3 Å². The standard InChI is InChI=1S/C11H12ClNO3/c1-2-9(11(13)15)16-10-4-3-8(12)5-7(10)6-14/h3-6,9H,2H2,1H3,(H2,13,15). The molecule has 86 valence electrons. The van der Waals surface area contributed by atoms with Crippen molar-refractivity contribution in [2.24, 2.45) is 5.73 Å². The fraction of sp³-hybridized carbons (Fsp3) is 0.273. The van der Waals surface area contributed by atoms with Crippen LogP contribution in [0, 0.1) is 0 Å². The Hall–Kier alpha value is -1.55. The predicted octanol–water partition coefficient (Wildman–Crippen LogP) is 1.80. The van der Waals surface area contributed by atoms with Gasteiger partial charge in [0, 0.05) is 5.02 Å². The maximum absolute atomic E-state index is 11.0. The van der Waals surface area contributed by atoms with Crippen molar-refractivity contribution in [3.05, 3.63) is 28.8 Å². The van der Waals surface area contributed by atoms with E-state index >= 15 is 0 Å². The molecule has 2 N–H and O–H groups in total. The molecule has 1 unspecified atom stereocenters. The molecule has 5 heteroatoms. The smallest absolute Gasteiger partial charge is 0.258 e. The number of nitrogens with two attached hydrogens (primary N) is 1. The monoisotopic (exact) mass is 241 g/mol. The van der Waals surface area contributed by atoms with Crippen LogP contribution in [0.4, 0.5) is 0 Å². The molecule has 0 aliphatic rings. The second kappa shape index (κ2) is 5.51. The minimum Gasteiger partial charge on any atom is -0.480 e. The number of primary amides is 1. The van der Waals surface area contributed by atoms with E-state index in [4.69, 9.17) is 22.1 Å². The average Bonchev–Trinajstić information content (AvgIpc) is 2.26. The molecule has 1 aromatic carbocycles. The lowest BCUT2D eigenvalue weighted by Crippen LogP contribution is -2.33. The summed E-state index contributed by atoms with van der Waals surface area (Å²) in [5, 5.41) is 0.432. The Kier molecular flexibility index (Phi) is 4.31. The molecule has 0 saturated heterocycles. The van der Waals surface area contributed by atoms with E-state index in [0.29, 0.717) is 29.0 Å². The van der Waals surface area contributed by atoms with Gasteiger partial charge in [-0.2, -0.15) is 0 Å².